The molecule has 0 spiro atoms. The predicted octanol–water partition coefficient (Wildman–Crippen LogP) is 4.11. The van der Waals surface area contributed by atoms with Crippen LogP contribution < -0.4 is 0 Å². The molecule has 10 nitrogen and oxygen atoms in total. The summed E-state index contributed by atoms with van der Waals surface area (Å²) in [5.74, 6) is -1.21. The first kappa shape index (κ1) is 30.3. The quantitative estimate of drug-likeness (QED) is 0.138. The zero-order valence-electron chi connectivity index (χ0n) is 22.2. The Kier molecular flexibility index (Phi) is 13.3. The summed E-state index contributed by atoms with van der Waals surface area (Å²) in [4.78, 5) is 34.8. The Hall–Kier alpha value is -2.27. The van der Waals surface area contributed by atoms with Crippen molar-refractivity contribution in [3.05, 3.63) is 25.3 Å². The van der Waals surface area contributed by atoms with E-state index < -0.39 is 11.9 Å². The third-order valence-electron chi connectivity index (χ3n) is 7.48. The van der Waals surface area contributed by atoms with Gasteiger partial charge in [0.15, 0.2) is 13.6 Å². The van der Waals surface area contributed by atoms with Crippen molar-refractivity contribution in [3.8, 4) is 0 Å². The molecular weight excluding hydrogens is 496 g/mol. The van der Waals surface area contributed by atoms with E-state index in [4.69, 9.17) is 33.2 Å². The van der Waals surface area contributed by atoms with Gasteiger partial charge in [0.2, 0.25) is 0 Å². The second-order valence-electron chi connectivity index (χ2n) is 10.1. The molecule has 3 aliphatic rings. The van der Waals surface area contributed by atoms with Gasteiger partial charge in [0, 0.05) is 12.2 Å². The maximum atomic E-state index is 12.6. The molecule has 3 rings (SSSR count). The van der Waals surface area contributed by atoms with Gasteiger partial charge in [-0.15, -0.1) is 0 Å². The third kappa shape index (κ3) is 10.8. The Bertz CT molecular complexity index is 760. The SMILES string of the molecule is C=CC(=O)OCOC1CCC(OCOC2CCC(OC(=O)C3CCC(OCOC(=O)C=C)CC3)CC2)CC1. The minimum absolute atomic E-state index is 0.0104. The van der Waals surface area contributed by atoms with Gasteiger partial charge in [0.25, 0.3) is 0 Å². The second kappa shape index (κ2) is 16.6. The normalized spacial score (nSPS) is 29.6. The van der Waals surface area contributed by atoms with Gasteiger partial charge >= 0.3 is 17.9 Å². The lowest BCUT2D eigenvalue weighted by molar-refractivity contribution is -0.167. The molecule has 0 bridgehead atoms. The number of hydrogen-bond donors (Lipinski definition) is 0. The van der Waals surface area contributed by atoms with Crippen LogP contribution in [0.5, 0.6) is 0 Å². The highest BCUT2D eigenvalue weighted by Gasteiger charge is 2.31. The lowest BCUT2D eigenvalue weighted by Crippen LogP contribution is -2.33. The Morgan fingerprint density at radius 2 is 0.868 bits per heavy atom. The van der Waals surface area contributed by atoms with Gasteiger partial charge in [-0.3, -0.25) is 4.79 Å². The van der Waals surface area contributed by atoms with Crippen molar-refractivity contribution in [2.75, 3.05) is 20.4 Å². The topological polar surface area (TPSA) is 116 Å². The first-order valence-corrected chi connectivity index (χ1v) is 13.7. The minimum atomic E-state index is -0.508. The van der Waals surface area contributed by atoms with Crippen LogP contribution in [-0.2, 0) is 47.5 Å². The summed E-state index contributed by atoms with van der Waals surface area (Å²) in [5, 5.41) is 0. The van der Waals surface area contributed by atoms with E-state index in [9.17, 15) is 14.4 Å². The van der Waals surface area contributed by atoms with Gasteiger partial charge in [0.05, 0.1) is 30.3 Å². The van der Waals surface area contributed by atoms with Crippen molar-refractivity contribution < 1.29 is 47.5 Å². The summed E-state index contributed by atoms with van der Waals surface area (Å²) >= 11 is 0. The highest BCUT2D eigenvalue weighted by atomic mass is 16.7. The van der Waals surface area contributed by atoms with Crippen LogP contribution in [0, 0.1) is 5.92 Å². The van der Waals surface area contributed by atoms with E-state index >= 15 is 0 Å². The highest BCUT2D eigenvalue weighted by molar-refractivity contribution is 5.81. The number of ether oxygens (including phenoxy) is 7. The number of carbonyl (C=O) groups excluding carboxylic acids is 3. The van der Waals surface area contributed by atoms with Crippen LogP contribution in [0.25, 0.3) is 0 Å². The molecule has 3 saturated carbocycles. The second-order valence-corrected chi connectivity index (χ2v) is 10.1. The molecule has 0 N–H and O–H groups in total. The van der Waals surface area contributed by atoms with E-state index in [-0.39, 0.29) is 62.8 Å². The molecule has 3 aliphatic carbocycles. The molecule has 0 aliphatic heterocycles. The Labute approximate surface area is 224 Å². The van der Waals surface area contributed by atoms with Crippen LogP contribution in [0.2, 0.25) is 0 Å². The predicted molar refractivity (Wildman–Crippen MR) is 135 cm³/mol. The molecule has 38 heavy (non-hydrogen) atoms. The fourth-order valence-corrected chi connectivity index (χ4v) is 5.13. The molecule has 3 fully saturated rings. The number of esters is 3. The number of hydrogen-bond acceptors (Lipinski definition) is 10. The van der Waals surface area contributed by atoms with Crippen LogP contribution in [-0.4, -0.2) is 68.8 Å². The summed E-state index contributed by atoms with van der Waals surface area (Å²) in [6, 6.07) is 0. The molecule has 0 saturated heterocycles. The van der Waals surface area contributed by atoms with Crippen molar-refractivity contribution in [1.29, 1.82) is 0 Å². The first-order valence-electron chi connectivity index (χ1n) is 13.7. The molecule has 0 atom stereocenters. The van der Waals surface area contributed by atoms with Crippen molar-refractivity contribution >= 4 is 17.9 Å². The lowest BCUT2D eigenvalue weighted by atomic mass is 9.87. The van der Waals surface area contributed by atoms with E-state index in [1.165, 1.54) is 0 Å². The molecule has 0 aromatic carbocycles. The molecule has 0 radical (unpaired) electrons. The Balaban J connectivity index is 1.19. The molecule has 0 amide bonds. The van der Waals surface area contributed by atoms with E-state index in [0.29, 0.717) is 12.8 Å². The van der Waals surface area contributed by atoms with E-state index in [2.05, 4.69) is 13.2 Å². The summed E-state index contributed by atoms with van der Waals surface area (Å²) in [5.41, 5.74) is 0. The summed E-state index contributed by atoms with van der Waals surface area (Å²) < 4.78 is 38.5. The zero-order chi connectivity index (χ0) is 27.2. The molecule has 0 heterocycles. The molecule has 214 valence electrons. The molecule has 10 heteroatoms. The fraction of sp³-hybridized carbons (Fsp3) is 0.750. The van der Waals surface area contributed by atoms with E-state index in [1.54, 1.807) is 0 Å². The zero-order valence-corrected chi connectivity index (χ0v) is 22.2. The van der Waals surface area contributed by atoms with Crippen LogP contribution in [0.15, 0.2) is 25.3 Å². The molecule has 0 aromatic rings. The largest absolute Gasteiger partial charge is 0.462 e. The maximum absolute atomic E-state index is 12.6. The first-order chi connectivity index (χ1) is 18.5. The van der Waals surface area contributed by atoms with Gasteiger partial charge < -0.3 is 33.2 Å². The highest BCUT2D eigenvalue weighted by Crippen LogP contribution is 2.30. The van der Waals surface area contributed by atoms with Gasteiger partial charge in [-0.2, -0.15) is 0 Å². The van der Waals surface area contributed by atoms with Gasteiger partial charge in [-0.25, -0.2) is 9.59 Å². The van der Waals surface area contributed by atoms with E-state index in [0.717, 1.165) is 76.4 Å². The summed E-state index contributed by atoms with van der Waals surface area (Å²) in [6.07, 6.45) is 12.1. The minimum Gasteiger partial charge on any atom is -0.462 e. The average molecular weight is 539 g/mol. The number of rotatable bonds is 14. The Morgan fingerprint density at radius 1 is 0.526 bits per heavy atom. The Morgan fingerprint density at radius 3 is 1.26 bits per heavy atom. The van der Waals surface area contributed by atoms with Gasteiger partial charge in [-0.1, -0.05) is 13.2 Å². The van der Waals surface area contributed by atoms with Gasteiger partial charge in [0.1, 0.15) is 12.9 Å². The summed E-state index contributed by atoms with van der Waals surface area (Å²) in [7, 11) is 0. The van der Waals surface area contributed by atoms with Crippen LogP contribution in [0.3, 0.4) is 0 Å². The van der Waals surface area contributed by atoms with Crippen molar-refractivity contribution in [1.82, 2.24) is 0 Å². The smallest absolute Gasteiger partial charge is 0.332 e. The van der Waals surface area contributed by atoms with Crippen molar-refractivity contribution in [2.45, 2.75) is 108 Å². The van der Waals surface area contributed by atoms with Gasteiger partial charge in [-0.05, 0) is 77.0 Å². The van der Waals surface area contributed by atoms with Crippen molar-refractivity contribution in [3.63, 3.8) is 0 Å². The standard InChI is InChI=1S/C28H42O10/c1-3-26(29)36-18-34-21-7-5-20(6-8-21)28(31)38-25-15-13-24(14-16-25)33-17-32-22-9-11-23(12-10-22)35-19-37-27(30)4-2/h3-4,20-25H,1-2,5-19H2. The lowest BCUT2D eigenvalue weighted by Gasteiger charge is -2.32. The van der Waals surface area contributed by atoms with Crippen LogP contribution in [0.1, 0.15) is 77.0 Å². The van der Waals surface area contributed by atoms with Crippen LogP contribution >= 0.6 is 0 Å². The van der Waals surface area contributed by atoms with E-state index in [1.807, 2.05) is 0 Å². The third-order valence-corrected chi connectivity index (χ3v) is 7.48. The fourth-order valence-electron chi connectivity index (χ4n) is 5.13. The average Bonchev–Trinajstić information content (AvgIpc) is 2.95. The monoisotopic (exact) mass is 538 g/mol. The summed E-state index contributed by atoms with van der Waals surface area (Å²) in [6.45, 7) is 6.82. The molecule has 0 unspecified atom stereocenters. The van der Waals surface area contributed by atoms with Crippen molar-refractivity contribution in [2.24, 2.45) is 5.92 Å². The molecule has 0 aromatic heterocycles. The maximum Gasteiger partial charge on any atom is 0.332 e. The number of carbonyl (C=O) groups is 3. The van der Waals surface area contributed by atoms with Crippen LogP contribution in [0.4, 0.5) is 0 Å². The molecular formula is C28H42O10.